The lowest BCUT2D eigenvalue weighted by Gasteiger charge is -2.03. The van der Waals surface area contributed by atoms with E-state index in [9.17, 15) is 0 Å². The number of unbranched alkanes of at least 4 members (excludes halogenated alkanes) is 9. The van der Waals surface area contributed by atoms with Crippen molar-refractivity contribution >= 4 is 15.9 Å². The van der Waals surface area contributed by atoms with Crippen molar-refractivity contribution < 1.29 is 5.11 Å². The highest BCUT2D eigenvalue weighted by Crippen LogP contribution is 2.10. The summed E-state index contributed by atoms with van der Waals surface area (Å²) >= 11 is 3.46. The summed E-state index contributed by atoms with van der Waals surface area (Å²) in [5.74, 6) is 0. The number of hydrogen-bond acceptors (Lipinski definition) is 2. The first kappa shape index (κ1) is 21.7. The number of hydrogen-bond donors (Lipinski definition) is 1. The largest absolute Gasteiger partial charge is 0.395 e. The maximum absolute atomic E-state index is 8.20. The molecule has 0 aromatic rings. The molecule has 0 amide bonds. The molecule has 2 nitrogen and oxygen atoms in total. The Bertz CT molecular complexity index is 133. The van der Waals surface area contributed by atoms with Crippen LogP contribution in [0.3, 0.4) is 0 Å². The molecule has 0 rings (SSSR count). The van der Waals surface area contributed by atoms with Gasteiger partial charge < -0.3 is 10.0 Å². The minimum absolute atomic E-state index is 0.257. The van der Waals surface area contributed by atoms with E-state index in [1.807, 2.05) is 19.0 Å². The third-order valence-electron chi connectivity index (χ3n) is 3.03. The van der Waals surface area contributed by atoms with Crippen LogP contribution in [0.25, 0.3) is 0 Å². The van der Waals surface area contributed by atoms with Gasteiger partial charge in [0.2, 0.25) is 0 Å². The molecule has 0 aliphatic carbocycles. The van der Waals surface area contributed by atoms with Crippen molar-refractivity contribution in [3.63, 3.8) is 0 Å². The number of halogens is 1. The lowest BCUT2D eigenvalue weighted by atomic mass is 10.1. The van der Waals surface area contributed by atoms with E-state index in [0.29, 0.717) is 0 Å². The zero-order chi connectivity index (χ0) is 14.8. The van der Waals surface area contributed by atoms with Crippen LogP contribution in [-0.4, -0.2) is 42.6 Å². The molecule has 0 aliphatic rings. The molecule has 3 heteroatoms. The van der Waals surface area contributed by atoms with Gasteiger partial charge in [-0.1, -0.05) is 80.6 Å². The fourth-order valence-electron chi connectivity index (χ4n) is 1.78. The summed E-state index contributed by atoms with van der Waals surface area (Å²) in [5, 5.41) is 9.38. The molecule has 0 unspecified atom stereocenters. The number of alkyl halides is 1. The number of aliphatic hydroxyl groups is 1. The molecule has 0 aromatic heterocycles. The van der Waals surface area contributed by atoms with Gasteiger partial charge >= 0.3 is 0 Å². The predicted octanol–water partition coefficient (Wildman–Crippen LogP) is 4.84. The fraction of sp³-hybridized carbons (Fsp3) is 1.00. The predicted molar refractivity (Wildman–Crippen MR) is 91.3 cm³/mol. The molecule has 1 N–H and O–H groups in total. The van der Waals surface area contributed by atoms with E-state index >= 15 is 0 Å². The maximum Gasteiger partial charge on any atom is 0.0558 e. The summed E-state index contributed by atoms with van der Waals surface area (Å²) in [5.41, 5.74) is 0. The Balaban J connectivity index is 0. The Labute approximate surface area is 130 Å². The molecule has 0 aromatic carbocycles. The average molecular weight is 338 g/mol. The molecule has 0 spiro atoms. The summed E-state index contributed by atoms with van der Waals surface area (Å²) in [6.45, 7) is 3.30. The van der Waals surface area contributed by atoms with E-state index in [1.165, 1.54) is 69.5 Å². The normalized spacial score (nSPS) is 10.4. The third-order valence-corrected chi connectivity index (χ3v) is 3.60. The molecule has 0 aliphatic heterocycles. The second-order valence-corrected chi connectivity index (χ2v) is 6.19. The van der Waals surface area contributed by atoms with Gasteiger partial charge in [0.25, 0.3) is 0 Å². The van der Waals surface area contributed by atoms with Crippen LogP contribution in [0.15, 0.2) is 0 Å². The number of aliphatic hydroxyl groups excluding tert-OH is 1. The molecule has 0 bridgehead atoms. The van der Waals surface area contributed by atoms with Crippen LogP contribution in [0.2, 0.25) is 0 Å². The van der Waals surface area contributed by atoms with Crippen LogP contribution >= 0.6 is 15.9 Å². The van der Waals surface area contributed by atoms with Crippen molar-refractivity contribution in [2.45, 2.75) is 71.1 Å². The third kappa shape index (κ3) is 27.6. The highest BCUT2D eigenvalue weighted by atomic mass is 79.9. The molecule has 0 saturated carbocycles. The van der Waals surface area contributed by atoms with Gasteiger partial charge in [0.05, 0.1) is 6.61 Å². The molecular weight excluding hydrogens is 302 g/mol. The van der Waals surface area contributed by atoms with Gasteiger partial charge in [0.1, 0.15) is 0 Å². The fourth-order valence-corrected chi connectivity index (χ4v) is 2.18. The van der Waals surface area contributed by atoms with Gasteiger partial charge in [-0.2, -0.15) is 0 Å². The quantitative estimate of drug-likeness (QED) is 0.406. The van der Waals surface area contributed by atoms with E-state index in [0.717, 1.165) is 6.54 Å². The van der Waals surface area contributed by atoms with Crippen molar-refractivity contribution in [1.29, 1.82) is 0 Å². The van der Waals surface area contributed by atoms with Crippen LogP contribution in [0, 0.1) is 0 Å². The van der Waals surface area contributed by atoms with Gasteiger partial charge in [-0.05, 0) is 20.5 Å². The minimum Gasteiger partial charge on any atom is -0.395 e. The van der Waals surface area contributed by atoms with Crippen molar-refractivity contribution in [3.8, 4) is 0 Å². The van der Waals surface area contributed by atoms with Gasteiger partial charge in [0.15, 0.2) is 0 Å². The first-order chi connectivity index (χ1) is 9.18. The lowest BCUT2D eigenvalue weighted by Crippen LogP contribution is -2.15. The van der Waals surface area contributed by atoms with Gasteiger partial charge in [0, 0.05) is 11.9 Å². The number of rotatable bonds is 12. The first-order valence-corrected chi connectivity index (χ1v) is 9.12. The summed E-state index contributed by atoms with van der Waals surface area (Å²) in [6, 6.07) is 0. The van der Waals surface area contributed by atoms with Crippen molar-refractivity contribution in [3.05, 3.63) is 0 Å². The van der Waals surface area contributed by atoms with E-state index in [4.69, 9.17) is 5.11 Å². The monoisotopic (exact) mass is 337 g/mol. The van der Waals surface area contributed by atoms with Crippen LogP contribution in [-0.2, 0) is 0 Å². The Kier molecular flexibility index (Phi) is 23.6. The Hall–Kier alpha value is 0.400. The Morgan fingerprint density at radius 3 is 1.47 bits per heavy atom. The lowest BCUT2D eigenvalue weighted by molar-refractivity contribution is 0.243. The molecule has 0 fully saturated rings. The molecular formula is C16H36BrNO. The number of likely N-dealkylation sites (N-methyl/N-ethyl adjacent to an activating group) is 1. The van der Waals surface area contributed by atoms with Crippen molar-refractivity contribution in [2.24, 2.45) is 0 Å². The number of nitrogens with zero attached hydrogens (tertiary/aromatic N) is 1. The zero-order valence-electron chi connectivity index (χ0n) is 13.5. The standard InChI is InChI=1S/C12H25Br.C4H11NO/c1-2-3-4-5-6-7-8-9-10-11-12-13;1-5(2)3-4-6/h2-12H2,1H3;6H,3-4H2,1-2H3. The molecule has 118 valence electrons. The van der Waals surface area contributed by atoms with Gasteiger partial charge in [-0.3, -0.25) is 0 Å². The zero-order valence-corrected chi connectivity index (χ0v) is 15.1. The maximum atomic E-state index is 8.20. The van der Waals surface area contributed by atoms with E-state index in [-0.39, 0.29) is 6.61 Å². The minimum atomic E-state index is 0.257. The van der Waals surface area contributed by atoms with E-state index < -0.39 is 0 Å². The van der Waals surface area contributed by atoms with Crippen LogP contribution in [0.5, 0.6) is 0 Å². The van der Waals surface area contributed by atoms with Crippen LogP contribution in [0.4, 0.5) is 0 Å². The van der Waals surface area contributed by atoms with Crippen molar-refractivity contribution in [1.82, 2.24) is 4.90 Å². The van der Waals surface area contributed by atoms with E-state index in [1.54, 1.807) is 0 Å². The van der Waals surface area contributed by atoms with Crippen LogP contribution < -0.4 is 0 Å². The summed E-state index contributed by atoms with van der Waals surface area (Å²) in [4.78, 5) is 1.93. The van der Waals surface area contributed by atoms with E-state index in [2.05, 4.69) is 22.9 Å². The SMILES string of the molecule is CCCCCCCCCCCCBr.CN(C)CCO. The van der Waals surface area contributed by atoms with Gasteiger partial charge in [-0.25, -0.2) is 0 Å². The molecule has 0 saturated heterocycles. The summed E-state index contributed by atoms with van der Waals surface area (Å²) in [7, 11) is 3.85. The molecule has 19 heavy (non-hydrogen) atoms. The molecule has 0 heterocycles. The summed E-state index contributed by atoms with van der Waals surface area (Å²) in [6.07, 6.45) is 14.3. The second kappa shape index (κ2) is 20.7. The van der Waals surface area contributed by atoms with Gasteiger partial charge in [-0.15, -0.1) is 0 Å². The first-order valence-electron chi connectivity index (χ1n) is 8.00. The topological polar surface area (TPSA) is 23.5 Å². The Morgan fingerprint density at radius 1 is 0.789 bits per heavy atom. The molecule has 0 atom stereocenters. The average Bonchev–Trinajstić information content (AvgIpc) is 2.37. The second-order valence-electron chi connectivity index (χ2n) is 5.40. The smallest absolute Gasteiger partial charge is 0.0558 e. The van der Waals surface area contributed by atoms with Crippen LogP contribution in [0.1, 0.15) is 71.1 Å². The highest BCUT2D eigenvalue weighted by Gasteiger charge is 1.91. The highest BCUT2D eigenvalue weighted by molar-refractivity contribution is 9.09. The Morgan fingerprint density at radius 2 is 1.21 bits per heavy atom. The van der Waals surface area contributed by atoms with Crippen molar-refractivity contribution in [2.75, 3.05) is 32.6 Å². The molecule has 0 radical (unpaired) electrons. The summed E-state index contributed by atoms with van der Waals surface area (Å²) < 4.78 is 0.